The van der Waals surface area contributed by atoms with Gasteiger partial charge in [0, 0.05) is 31.7 Å². The number of piperidine rings is 1. The Morgan fingerprint density at radius 3 is 2.42 bits per heavy atom. The third-order valence-corrected chi connectivity index (χ3v) is 8.22. The number of aryl methyl sites for hydroxylation is 1. The largest absolute Gasteiger partial charge is 0.496 e. The molecule has 4 atom stereocenters. The first-order valence-corrected chi connectivity index (χ1v) is 14.8. The lowest BCUT2D eigenvalue weighted by Gasteiger charge is -2.31. The minimum atomic E-state index is -0.713. The van der Waals surface area contributed by atoms with Crippen molar-refractivity contribution in [2.24, 2.45) is 29.4 Å². The number of aliphatic hydroxyl groups excluding tert-OH is 1. The van der Waals surface area contributed by atoms with E-state index >= 15 is 0 Å². The lowest BCUT2D eigenvalue weighted by molar-refractivity contribution is -0.128. The smallest absolute Gasteiger partial charge is 0.223 e. The summed E-state index contributed by atoms with van der Waals surface area (Å²) < 4.78 is 10.8. The van der Waals surface area contributed by atoms with Gasteiger partial charge in [-0.2, -0.15) is 0 Å². The number of amides is 1. The Bertz CT molecular complexity index is 810. The molecular weight excluding hydrogens is 478 g/mol. The van der Waals surface area contributed by atoms with Gasteiger partial charge in [0.05, 0.1) is 13.2 Å². The summed E-state index contributed by atoms with van der Waals surface area (Å²) in [6, 6.07) is 6.33. The third kappa shape index (κ3) is 10.8. The third-order valence-electron chi connectivity index (χ3n) is 8.22. The average Bonchev–Trinajstić information content (AvgIpc) is 2.89. The summed E-state index contributed by atoms with van der Waals surface area (Å²) in [7, 11) is 3.46. The van der Waals surface area contributed by atoms with Gasteiger partial charge in [0.25, 0.3) is 0 Å². The van der Waals surface area contributed by atoms with Gasteiger partial charge in [-0.15, -0.1) is 0 Å². The number of nitrogens with one attached hydrogen (secondary N) is 2. The van der Waals surface area contributed by atoms with E-state index in [0.29, 0.717) is 18.3 Å². The van der Waals surface area contributed by atoms with E-state index in [1.807, 2.05) is 0 Å². The number of methoxy groups -OCH3 is 2. The zero-order valence-electron chi connectivity index (χ0n) is 24.8. The molecule has 1 aliphatic rings. The fourth-order valence-corrected chi connectivity index (χ4v) is 5.51. The Morgan fingerprint density at radius 2 is 1.82 bits per heavy atom. The standard InChI is InChI=1S/C31H55N3O4/c1-21(2)25(18-23-10-11-30(38-6)24(17-23)9-7-8-16-37-5)19-28(32)29(35)20-27(22(3)4)31(36)34-26-12-14-33-15-13-26/h10-11,17,21-22,25-29,33,35H,7-9,12-16,18-20,32H2,1-6H3,(H,34,36)/t25?,27-,28-,29?/m0/s1. The normalized spacial score (nSPS) is 17.8. The Labute approximate surface area is 231 Å². The number of benzene rings is 1. The van der Waals surface area contributed by atoms with Crippen LogP contribution in [0.1, 0.15) is 77.3 Å². The van der Waals surface area contributed by atoms with Crippen molar-refractivity contribution in [1.29, 1.82) is 0 Å². The van der Waals surface area contributed by atoms with E-state index in [-0.39, 0.29) is 29.8 Å². The highest BCUT2D eigenvalue weighted by molar-refractivity contribution is 5.79. The fraction of sp³-hybridized carbons (Fsp3) is 0.774. The van der Waals surface area contributed by atoms with Crippen molar-refractivity contribution in [3.8, 4) is 5.75 Å². The number of hydrogen-bond donors (Lipinski definition) is 4. The van der Waals surface area contributed by atoms with Gasteiger partial charge in [0.1, 0.15) is 5.75 Å². The molecule has 218 valence electrons. The molecule has 7 nitrogen and oxygen atoms in total. The molecular formula is C31H55N3O4. The van der Waals surface area contributed by atoms with E-state index in [4.69, 9.17) is 15.2 Å². The maximum atomic E-state index is 13.1. The molecule has 1 aliphatic heterocycles. The molecule has 0 aromatic heterocycles. The summed E-state index contributed by atoms with van der Waals surface area (Å²) in [5.41, 5.74) is 9.09. The molecule has 1 fully saturated rings. The van der Waals surface area contributed by atoms with Gasteiger partial charge in [0.15, 0.2) is 0 Å². The zero-order valence-corrected chi connectivity index (χ0v) is 24.8. The van der Waals surface area contributed by atoms with E-state index in [1.54, 1.807) is 14.2 Å². The topological polar surface area (TPSA) is 106 Å². The van der Waals surface area contributed by atoms with Gasteiger partial charge >= 0.3 is 0 Å². The van der Waals surface area contributed by atoms with E-state index < -0.39 is 6.10 Å². The Hall–Kier alpha value is -1.67. The second-order valence-corrected chi connectivity index (χ2v) is 11.9. The van der Waals surface area contributed by atoms with Crippen LogP contribution in [-0.2, 0) is 22.4 Å². The van der Waals surface area contributed by atoms with E-state index in [0.717, 1.165) is 70.4 Å². The Kier molecular flexibility index (Phi) is 14.7. The second-order valence-electron chi connectivity index (χ2n) is 11.9. The Balaban J connectivity index is 2.00. The van der Waals surface area contributed by atoms with Gasteiger partial charge in [-0.3, -0.25) is 4.79 Å². The molecule has 0 radical (unpaired) electrons. The maximum absolute atomic E-state index is 13.1. The second kappa shape index (κ2) is 17.1. The number of ether oxygens (including phenoxy) is 2. The first-order chi connectivity index (χ1) is 18.2. The summed E-state index contributed by atoms with van der Waals surface area (Å²) in [5.74, 6) is 1.63. The van der Waals surface area contributed by atoms with E-state index in [1.165, 1.54) is 11.1 Å². The highest BCUT2D eigenvalue weighted by atomic mass is 16.5. The van der Waals surface area contributed by atoms with Crippen LogP contribution in [0, 0.1) is 23.7 Å². The van der Waals surface area contributed by atoms with Crippen LogP contribution in [0.5, 0.6) is 5.75 Å². The molecule has 1 aromatic rings. The Morgan fingerprint density at radius 1 is 1.11 bits per heavy atom. The van der Waals surface area contributed by atoms with E-state index in [9.17, 15) is 9.90 Å². The van der Waals surface area contributed by atoms with Crippen LogP contribution in [0.15, 0.2) is 18.2 Å². The molecule has 38 heavy (non-hydrogen) atoms. The lowest BCUT2D eigenvalue weighted by atomic mass is 9.80. The summed E-state index contributed by atoms with van der Waals surface area (Å²) in [6.07, 6.45) is 6.25. The van der Waals surface area contributed by atoms with Crippen molar-refractivity contribution < 1.29 is 19.4 Å². The van der Waals surface area contributed by atoms with Crippen LogP contribution in [0.3, 0.4) is 0 Å². The first kappa shape index (κ1) is 32.5. The van der Waals surface area contributed by atoms with Crippen LogP contribution < -0.4 is 21.1 Å². The number of rotatable bonds is 17. The fourth-order valence-electron chi connectivity index (χ4n) is 5.51. The number of nitrogens with two attached hydrogens (primary N) is 1. The molecule has 0 spiro atoms. The van der Waals surface area contributed by atoms with Crippen LogP contribution in [0.25, 0.3) is 0 Å². The summed E-state index contributed by atoms with van der Waals surface area (Å²) in [6.45, 7) is 11.2. The lowest BCUT2D eigenvalue weighted by Crippen LogP contribution is -2.47. The van der Waals surface area contributed by atoms with Crippen molar-refractivity contribution in [3.63, 3.8) is 0 Å². The number of unbranched alkanes of at least 4 members (excludes halogenated alkanes) is 1. The van der Waals surface area contributed by atoms with Gasteiger partial charge < -0.3 is 30.9 Å². The van der Waals surface area contributed by atoms with Crippen molar-refractivity contribution >= 4 is 5.91 Å². The van der Waals surface area contributed by atoms with Crippen LogP contribution >= 0.6 is 0 Å². The van der Waals surface area contributed by atoms with Gasteiger partial charge in [-0.1, -0.05) is 39.8 Å². The quantitative estimate of drug-likeness (QED) is 0.225. The van der Waals surface area contributed by atoms with Crippen LogP contribution in [0.4, 0.5) is 0 Å². The minimum absolute atomic E-state index is 0.0508. The number of carbonyl (C=O) groups is 1. The number of hydrogen-bond acceptors (Lipinski definition) is 6. The molecule has 2 unspecified atom stereocenters. The summed E-state index contributed by atoms with van der Waals surface area (Å²) >= 11 is 0. The van der Waals surface area contributed by atoms with Crippen molar-refractivity contribution in [2.75, 3.05) is 33.9 Å². The van der Waals surface area contributed by atoms with Gasteiger partial charge in [-0.25, -0.2) is 0 Å². The molecule has 1 heterocycles. The molecule has 2 rings (SSSR count). The van der Waals surface area contributed by atoms with E-state index in [2.05, 4.69) is 56.5 Å². The number of carbonyl (C=O) groups excluding carboxylic acids is 1. The molecule has 5 N–H and O–H groups in total. The highest BCUT2D eigenvalue weighted by Crippen LogP contribution is 2.29. The van der Waals surface area contributed by atoms with Crippen LogP contribution in [0.2, 0.25) is 0 Å². The molecule has 1 aromatic carbocycles. The first-order valence-electron chi connectivity index (χ1n) is 14.8. The van der Waals surface area contributed by atoms with Gasteiger partial charge in [0.2, 0.25) is 5.91 Å². The molecule has 0 saturated carbocycles. The molecule has 1 saturated heterocycles. The average molecular weight is 534 g/mol. The van der Waals surface area contributed by atoms with Gasteiger partial charge in [-0.05, 0) is 99.4 Å². The predicted octanol–water partition coefficient (Wildman–Crippen LogP) is 4.09. The number of aliphatic hydroxyl groups is 1. The van der Waals surface area contributed by atoms with Crippen molar-refractivity contribution in [1.82, 2.24) is 10.6 Å². The monoisotopic (exact) mass is 533 g/mol. The predicted molar refractivity (Wildman–Crippen MR) is 155 cm³/mol. The maximum Gasteiger partial charge on any atom is 0.223 e. The van der Waals surface area contributed by atoms with Crippen molar-refractivity contribution in [2.45, 2.75) is 97.2 Å². The van der Waals surface area contributed by atoms with Crippen molar-refractivity contribution in [3.05, 3.63) is 29.3 Å². The van der Waals surface area contributed by atoms with Crippen LogP contribution in [-0.4, -0.2) is 63.1 Å². The molecule has 7 heteroatoms. The zero-order chi connectivity index (χ0) is 28.1. The molecule has 1 amide bonds. The summed E-state index contributed by atoms with van der Waals surface area (Å²) in [4.78, 5) is 13.1. The minimum Gasteiger partial charge on any atom is -0.496 e. The molecule has 0 aliphatic carbocycles. The summed E-state index contributed by atoms with van der Waals surface area (Å²) in [5, 5.41) is 17.7. The highest BCUT2D eigenvalue weighted by Gasteiger charge is 2.31. The SMILES string of the molecule is COCCCCc1cc(CC(C[C@H](N)C(O)C[C@H](C(=O)NC2CCNCC2)C(C)C)C(C)C)ccc1OC. The molecule has 0 bridgehead atoms.